The van der Waals surface area contributed by atoms with Crippen molar-refractivity contribution in [2.24, 2.45) is 11.8 Å². The molecule has 1 atom stereocenters. The molecule has 1 rings (SSSR count). The van der Waals surface area contributed by atoms with Gasteiger partial charge in [-0.25, -0.2) is 4.98 Å². The van der Waals surface area contributed by atoms with Gasteiger partial charge < -0.3 is 10.6 Å². The molecule has 1 aromatic rings. The van der Waals surface area contributed by atoms with Gasteiger partial charge in [-0.2, -0.15) is 0 Å². The molecule has 1 aromatic heterocycles. The number of aromatic nitrogens is 1. The Morgan fingerprint density at radius 1 is 1.24 bits per heavy atom. The predicted molar refractivity (Wildman–Crippen MR) is 83.8 cm³/mol. The SMILES string of the molecule is Cc1ccnc(NC(=O)[C@H](NC(=O)CC(C)C)C(C)C)c1. The lowest BCUT2D eigenvalue weighted by molar-refractivity contribution is -0.127. The predicted octanol–water partition coefficient (Wildman–Crippen LogP) is 2.52. The van der Waals surface area contributed by atoms with Crippen LogP contribution in [0.3, 0.4) is 0 Å². The van der Waals surface area contributed by atoms with Crippen LogP contribution < -0.4 is 10.6 Å². The van der Waals surface area contributed by atoms with E-state index in [1.165, 1.54) is 0 Å². The molecule has 0 saturated carbocycles. The molecule has 0 aromatic carbocycles. The Kier molecular flexibility index (Phi) is 6.34. The van der Waals surface area contributed by atoms with Gasteiger partial charge in [-0.1, -0.05) is 27.7 Å². The highest BCUT2D eigenvalue weighted by Crippen LogP contribution is 2.10. The highest BCUT2D eigenvalue weighted by molar-refractivity contribution is 5.96. The molecule has 0 unspecified atom stereocenters. The van der Waals surface area contributed by atoms with Crippen LogP contribution >= 0.6 is 0 Å². The first-order chi connectivity index (χ1) is 9.79. The fourth-order valence-corrected chi connectivity index (χ4v) is 1.95. The largest absolute Gasteiger partial charge is 0.344 e. The normalized spacial score (nSPS) is 12.3. The number of carbonyl (C=O) groups excluding carboxylic acids is 2. The van der Waals surface area contributed by atoms with Crippen molar-refractivity contribution in [3.05, 3.63) is 23.9 Å². The third-order valence-electron chi connectivity index (χ3n) is 3.03. The summed E-state index contributed by atoms with van der Waals surface area (Å²) in [5.74, 6) is 0.435. The van der Waals surface area contributed by atoms with E-state index in [9.17, 15) is 9.59 Å². The number of nitrogens with one attached hydrogen (secondary N) is 2. The Morgan fingerprint density at radius 3 is 2.43 bits per heavy atom. The molecule has 2 N–H and O–H groups in total. The summed E-state index contributed by atoms with van der Waals surface area (Å²) in [6.45, 7) is 9.69. The minimum Gasteiger partial charge on any atom is -0.344 e. The Bertz CT molecular complexity index is 498. The zero-order valence-electron chi connectivity index (χ0n) is 13.4. The van der Waals surface area contributed by atoms with Crippen molar-refractivity contribution >= 4 is 17.6 Å². The van der Waals surface area contributed by atoms with Gasteiger partial charge in [0.15, 0.2) is 0 Å². The summed E-state index contributed by atoms with van der Waals surface area (Å²) >= 11 is 0. The summed E-state index contributed by atoms with van der Waals surface area (Å²) < 4.78 is 0. The highest BCUT2D eigenvalue weighted by atomic mass is 16.2. The highest BCUT2D eigenvalue weighted by Gasteiger charge is 2.24. The van der Waals surface area contributed by atoms with Crippen LogP contribution in [0.15, 0.2) is 18.3 Å². The zero-order valence-corrected chi connectivity index (χ0v) is 13.4. The van der Waals surface area contributed by atoms with Gasteiger partial charge in [-0.3, -0.25) is 9.59 Å². The number of hydrogen-bond acceptors (Lipinski definition) is 3. The first-order valence-corrected chi connectivity index (χ1v) is 7.32. The zero-order chi connectivity index (χ0) is 16.0. The molecule has 116 valence electrons. The van der Waals surface area contributed by atoms with E-state index in [0.29, 0.717) is 12.2 Å². The van der Waals surface area contributed by atoms with Crippen LogP contribution in [0.4, 0.5) is 5.82 Å². The van der Waals surface area contributed by atoms with Gasteiger partial charge in [-0.15, -0.1) is 0 Å². The van der Waals surface area contributed by atoms with Gasteiger partial charge in [0.2, 0.25) is 11.8 Å². The molecule has 0 bridgehead atoms. The maximum Gasteiger partial charge on any atom is 0.248 e. The minimum absolute atomic E-state index is 0.00548. The van der Waals surface area contributed by atoms with E-state index in [1.807, 2.05) is 40.7 Å². The average Bonchev–Trinajstić information content (AvgIpc) is 2.34. The standard InChI is InChI=1S/C16H25N3O2/c1-10(2)8-14(20)19-15(11(3)4)16(21)18-13-9-12(5)6-7-17-13/h6-7,9-11,15H,8H2,1-5H3,(H,19,20)(H,17,18,21)/t15-/m1/s1. The van der Waals surface area contributed by atoms with Gasteiger partial charge in [0.05, 0.1) is 0 Å². The van der Waals surface area contributed by atoms with Crippen LogP contribution in [0.25, 0.3) is 0 Å². The van der Waals surface area contributed by atoms with E-state index in [4.69, 9.17) is 0 Å². The maximum absolute atomic E-state index is 12.3. The van der Waals surface area contributed by atoms with E-state index in [-0.39, 0.29) is 23.7 Å². The molecule has 0 aliphatic carbocycles. The second kappa shape index (κ2) is 7.76. The lowest BCUT2D eigenvalue weighted by atomic mass is 10.0. The van der Waals surface area contributed by atoms with Crippen molar-refractivity contribution in [1.82, 2.24) is 10.3 Å². The molecule has 5 nitrogen and oxygen atoms in total. The van der Waals surface area contributed by atoms with Gasteiger partial charge in [0, 0.05) is 12.6 Å². The average molecular weight is 291 g/mol. The van der Waals surface area contributed by atoms with Crippen LogP contribution in [0.1, 0.15) is 39.7 Å². The molecule has 0 aliphatic rings. The fourth-order valence-electron chi connectivity index (χ4n) is 1.95. The van der Waals surface area contributed by atoms with Gasteiger partial charge in [0.25, 0.3) is 0 Å². The van der Waals surface area contributed by atoms with Crippen molar-refractivity contribution in [2.75, 3.05) is 5.32 Å². The number of anilines is 1. The quantitative estimate of drug-likeness (QED) is 0.846. The third kappa shape index (κ3) is 5.94. The van der Waals surface area contributed by atoms with Crippen LogP contribution in [0.2, 0.25) is 0 Å². The molecule has 0 aliphatic heterocycles. The molecule has 0 radical (unpaired) electrons. The van der Waals surface area contributed by atoms with Crippen LogP contribution in [0, 0.1) is 18.8 Å². The summed E-state index contributed by atoms with van der Waals surface area (Å²) in [7, 11) is 0. The Labute approximate surface area is 126 Å². The smallest absolute Gasteiger partial charge is 0.248 e. The molecule has 1 heterocycles. The second-order valence-electron chi connectivity index (χ2n) is 6.09. The molecule has 0 saturated heterocycles. The number of nitrogens with zero attached hydrogens (tertiary/aromatic N) is 1. The van der Waals surface area contributed by atoms with Crippen molar-refractivity contribution in [2.45, 2.75) is 47.1 Å². The van der Waals surface area contributed by atoms with Crippen molar-refractivity contribution in [1.29, 1.82) is 0 Å². The maximum atomic E-state index is 12.3. The molecule has 0 spiro atoms. The number of hydrogen-bond donors (Lipinski definition) is 2. The molecule has 21 heavy (non-hydrogen) atoms. The summed E-state index contributed by atoms with van der Waals surface area (Å²) in [5, 5.41) is 5.56. The number of aryl methyl sites for hydroxylation is 1. The van der Waals surface area contributed by atoms with Crippen molar-refractivity contribution < 1.29 is 9.59 Å². The van der Waals surface area contributed by atoms with E-state index in [1.54, 1.807) is 12.3 Å². The van der Waals surface area contributed by atoms with Gasteiger partial charge in [0.1, 0.15) is 11.9 Å². The van der Waals surface area contributed by atoms with Gasteiger partial charge >= 0.3 is 0 Å². The fraction of sp³-hybridized carbons (Fsp3) is 0.562. The number of amides is 2. The monoisotopic (exact) mass is 291 g/mol. The van der Waals surface area contributed by atoms with Crippen LogP contribution in [-0.2, 0) is 9.59 Å². The summed E-state index contributed by atoms with van der Waals surface area (Å²) in [4.78, 5) is 28.3. The molecular weight excluding hydrogens is 266 g/mol. The molecular formula is C16H25N3O2. The van der Waals surface area contributed by atoms with E-state index < -0.39 is 6.04 Å². The Morgan fingerprint density at radius 2 is 1.90 bits per heavy atom. The summed E-state index contributed by atoms with van der Waals surface area (Å²) in [6.07, 6.45) is 2.06. The Hall–Kier alpha value is -1.91. The topological polar surface area (TPSA) is 71.1 Å². The van der Waals surface area contributed by atoms with Crippen molar-refractivity contribution in [3.63, 3.8) is 0 Å². The van der Waals surface area contributed by atoms with Crippen LogP contribution in [-0.4, -0.2) is 22.8 Å². The lowest BCUT2D eigenvalue weighted by Crippen LogP contribution is -2.47. The first-order valence-electron chi connectivity index (χ1n) is 7.32. The Balaban J connectivity index is 2.71. The third-order valence-corrected chi connectivity index (χ3v) is 3.03. The number of carbonyl (C=O) groups is 2. The number of rotatable bonds is 6. The van der Waals surface area contributed by atoms with E-state index in [2.05, 4.69) is 15.6 Å². The summed E-state index contributed by atoms with van der Waals surface area (Å²) in [6, 6.07) is 3.10. The van der Waals surface area contributed by atoms with E-state index >= 15 is 0 Å². The van der Waals surface area contributed by atoms with E-state index in [0.717, 1.165) is 5.56 Å². The second-order valence-corrected chi connectivity index (χ2v) is 6.09. The van der Waals surface area contributed by atoms with Crippen LogP contribution in [0.5, 0.6) is 0 Å². The summed E-state index contributed by atoms with van der Waals surface area (Å²) in [5.41, 5.74) is 1.02. The first kappa shape index (κ1) is 17.1. The molecule has 2 amide bonds. The van der Waals surface area contributed by atoms with Crippen molar-refractivity contribution in [3.8, 4) is 0 Å². The van der Waals surface area contributed by atoms with Gasteiger partial charge in [-0.05, 0) is 36.5 Å². The molecule has 5 heteroatoms. The lowest BCUT2D eigenvalue weighted by Gasteiger charge is -2.22. The minimum atomic E-state index is -0.557. The molecule has 0 fully saturated rings. The number of pyridine rings is 1.